The lowest BCUT2D eigenvalue weighted by atomic mass is 10.2. The monoisotopic (exact) mass is 427 g/mol. The number of hydrogen-bond donors (Lipinski definition) is 0. The fourth-order valence-corrected chi connectivity index (χ4v) is 4.45. The molecule has 7 nitrogen and oxygen atoms in total. The van der Waals surface area contributed by atoms with E-state index in [4.69, 9.17) is 23.2 Å². The molecule has 27 heavy (non-hydrogen) atoms. The second kappa shape index (κ2) is 7.71. The summed E-state index contributed by atoms with van der Waals surface area (Å²) >= 11 is 11.9. The van der Waals surface area contributed by atoms with Crippen molar-refractivity contribution in [2.24, 2.45) is 0 Å². The van der Waals surface area contributed by atoms with Gasteiger partial charge in [-0.3, -0.25) is 0 Å². The molecule has 0 radical (unpaired) electrons. The SMILES string of the molecule is CCN(CC)S(=O)(=O)c1ccc(-c2nc(C(Cl)Cl)nc3cc(C)nn23)cc1. The molecule has 0 atom stereocenters. The quantitative estimate of drug-likeness (QED) is 0.561. The van der Waals surface area contributed by atoms with Crippen LogP contribution in [0.2, 0.25) is 0 Å². The van der Waals surface area contributed by atoms with E-state index in [-0.39, 0.29) is 10.7 Å². The first-order valence-electron chi connectivity index (χ1n) is 8.41. The van der Waals surface area contributed by atoms with Gasteiger partial charge >= 0.3 is 0 Å². The number of halogens is 2. The maximum Gasteiger partial charge on any atom is 0.243 e. The maximum absolute atomic E-state index is 12.6. The highest BCUT2D eigenvalue weighted by Gasteiger charge is 2.22. The van der Waals surface area contributed by atoms with Crippen LogP contribution in [0.25, 0.3) is 17.0 Å². The van der Waals surface area contributed by atoms with Crippen molar-refractivity contribution in [1.82, 2.24) is 23.9 Å². The van der Waals surface area contributed by atoms with E-state index in [9.17, 15) is 8.42 Å². The van der Waals surface area contributed by atoms with Crippen LogP contribution in [0, 0.1) is 6.92 Å². The predicted octanol–water partition coefficient (Wildman–Crippen LogP) is 3.61. The minimum Gasteiger partial charge on any atom is -0.211 e. The van der Waals surface area contributed by atoms with Crippen LogP contribution in [0.5, 0.6) is 0 Å². The number of fused-ring (bicyclic) bond motifs is 1. The molecule has 10 heteroatoms. The molecule has 0 saturated heterocycles. The van der Waals surface area contributed by atoms with Crippen LogP contribution in [-0.2, 0) is 10.0 Å². The average molecular weight is 428 g/mol. The molecular weight excluding hydrogens is 409 g/mol. The van der Waals surface area contributed by atoms with Crippen molar-refractivity contribution >= 4 is 38.9 Å². The van der Waals surface area contributed by atoms with E-state index in [1.807, 2.05) is 20.8 Å². The van der Waals surface area contributed by atoms with E-state index in [0.29, 0.717) is 30.1 Å². The van der Waals surface area contributed by atoms with Crippen LogP contribution in [0.15, 0.2) is 35.2 Å². The summed E-state index contributed by atoms with van der Waals surface area (Å²) in [5.74, 6) is 0.752. The first kappa shape index (κ1) is 20.0. The first-order chi connectivity index (χ1) is 12.8. The summed E-state index contributed by atoms with van der Waals surface area (Å²) in [5, 5.41) is 4.39. The minimum absolute atomic E-state index is 0.227. The standard InChI is InChI=1S/C17H19Cl2N5O2S/c1-4-23(5-2)27(25,26)13-8-6-12(7-9-13)17-21-16(15(18)19)20-14-10-11(3)22-24(14)17/h6-10,15H,4-5H2,1-3H3. The Kier molecular flexibility index (Phi) is 5.71. The first-order valence-corrected chi connectivity index (χ1v) is 10.7. The minimum atomic E-state index is -3.52. The molecule has 0 spiro atoms. The summed E-state index contributed by atoms with van der Waals surface area (Å²) in [6.45, 7) is 6.29. The van der Waals surface area contributed by atoms with Gasteiger partial charge in [-0.2, -0.15) is 13.9 Å². The highest BCUT2D eigenvalue weighted by atomic mass is 35.5. The molecule has 3 rings (SSSR count). The van der Waals surface area contributed by atoms with E-state index in [1.54, 1.807) is 34.8 Å². The molecule has 144 valence electrons. The molecule has 0 bridgehead atoms. The highest BCUT2D eigenvalue weighted by molar-refractivity contribution is 7.89. The summed E-state index contributed by atoms with van der Waals surface area (Å²) in [6, 6.07) is 8.30. The van der Waals surface area contributed by atoms with E-state index in [0.717, 1.165) is 5.69 Å². The number of alkyl halides is 2. The molecule has 0 amide bonds. The van der Waals surface area contributed by atoms with Gasteiger partial charge in [-0.25, -0.2) is 18.4 Å². The molecule has 0 saturated carbocycles. The van der Waals surface area contributed by atoms with Crippen molar-refractivity contribution in [2.75, 3.05) is 13.1 Å². The fourth-order valence-electron chi connectivity index (χ4n) is 2.79. The molecule has 0 fully saturated rings. The van der Waals surface area contributed by atoms with E-state index in [2.05, 4.69) is 15.1 Å². The second-order valence-corrected chi connectivity index (χ2v) is 8.91. The van der Waals surface area contributed by atoms with Crippen LogP contribution in [-0.4, -0.2) is 45.4 Å². The Hall–Kier alpha value is -1.74. The fraction of sp³-hybridized carbons (Fsp3) is 0.353. The molecular formula is C17H19Cl2N5O2S. The molecule has 0 aliphatic rings. The van der Waals surface area contributed by atoms with E-state index < -0.39 is 14.9 Å². The van der Waals surface area contributed by atoms with Gasteiger partial charge in [0, 0.05) is 24.7 Å². The van der Waals surface area contributed by atoms with Gasteiger partial charge in [0.15, 0.2) is 22.1 Å². The zero-order valence-electron chi connectivity index (χ0n) is 15.1. The number of rotatable bonds is 6. The Labute approximate surface area is 168 Å². The Balaban J connectivity index is 2.10. The Morgan fingerprint density at radius 3 is 2.30 bits per heavy atom. The second-order valence-electron chi connectivity index (χ2n) is 5.88. The van der Waals surface area contributed by atoms with Crippen molar-refractivity contribution in [3.05, 3.63) is 41.9 Å². The van der Waals surface area contributed by atoms with E-state index >= 15 is 0 Å². The molecule has 0 aliphatic carbocycles. The van der Waals surface area contributed by atoms with Crippen molar-refractivity contribution in [2.45, 2.75) is 30.5 Å². The van der Waals surface area contributed by atoms with Gasteiger partial charge in [0.05, 0.1) is 10.6 Å². The smallest absolute Gasteiger partial charge is 0.211 e. The summed E-state index contributed by atoms with van der Waals surface area (Å²) in [5.41, 5.74) is 2.02. The van der Waals surface area contributed by atoms with Gasteiger partial charge in [0.25, 0.3) is 0 Å². The van der Waals surface area contributed by atoms with Crippen LogP contribution >= 0.6 is 23.2 Å². The van der Waals surface area contributed by atoms with Gasteiger partial charge in [-0.1, -0.05) is 37.0 Å². The van der Waals surface area contributed by atoms with Crippen LogP contribution in [0.3, 0.4) is 0 Å². The molecule has 1 aromatic carbocycles. The lowest BCUT2D eigenvalue weighted by Crippen LogP contribution is -2.30. The molecule has 2 heterocycles. The number of nitrogens with zero attached hydrogens (tertiary/aromatic N) is 5. The molecule has 3 aromatic rings. The van der Waals surface area contributed by atoms with Gasteiger partial charge < -0.3 is 0 Å². The van der Waals surface area contributed by atoms with Crippen molar-refractivity contribution in [3.63, 3.8) is 0 Å². The average Bonchev–Trinajstić information content (AvgIpc) is 3.01. The van der Waals surface area contributed by atoms with Crippen molar-refractivity contribution < 1.29 is 8.42 Å². The summed E-state index contributed by atoms with van der Waals surface area (Å²) in [7, 11) is -3.52. The number of sulfonamides is 1. The zero-order valence-corrected chi connectivity index (χ0v) is 17.4. The van der Waals surface area contributed by atoms with Crippen molar-refractivity contribution in [1.29, 1.82) is 0 Å². The van der Waals surface area contributed by atoms with Gasteiger partial charge in [-0.15, -0.1) is 0 Å². The maximum atomic E-state index is 12.6. The number of hydrogen-bond acceptors (Lipinski definition) is 5. The van der Waals surface area contributed by atoms with Gasteiger partial charge in [-0.05, 0) is 31.2 Å². The topological polar surface area (TPSA) is 80.5 Å². The zero-order chi connectivity index (χ0) is 19.8. The Morgan fingerprint density at radius 1 is 1.11 bits per heavy atom. The van der Waals surface area contributed by atoms with E-state index in [1.165, 1.54) is 4.31 Å². The number of aryl methyl sites for hydroxylation is 1. The third kappa shape index (κ3) is 3.80. The number of aromatic nitrogens is 4. The Bertz CT molecular complexity index is 1060. The highest BCUT2D eigenvalue weighted by Crippen LogP contribution is 2.27. The van der Waals surface area contributed by atoms with Gasteiger partial charge in [0.1, 0.15) is 0 Å². The Morgan fingerprint density at radius 2 is 1.74 bits per heavy atom. The summed E-state index contributed by atoms with van der Waals surface area (Å²) < 4.78 is 28.3. The molecule has 0 N–H and O–H groups in total. The largest absolute Gasteiger partial charge is 0.243 e. The lowest BCUT2D eigenvalue weighted by molar-refractivity contribution is 0.445. The lowest BCUT2D eigenvalue weighted by Gasteiger charge is -2.18. The van der Waals surface area contributed by atoms with Gasteiger partial charge in [0.2, 0.25) is 10.0 Å². The van der Waals surface area contributed by atoms with Crippen LogP contribution in [0.4, 0.5) is 0 Å². The molecule has 0 unspecified atom stereocenters. The normalized spacial score (nSPS) is 12.4. The predicted molar refractivity (Wildman–Crippen MR) is 106 cm³/mol. The molecule has 0 aliphatic heterocycles. The van der Waals surface area contributed by atoms with Crippen LogP contribution < -0.4 is 0 Å². The molecule has 2 aromatic heterocycles. The summed E-state index contributed by atoms with van der Waals surface area (Å²) in [6.07, 6.45) is 0. The summed E-state index contributed by atoms with van der Waals surface area (Å²) in [4.78, 5) is 8.06. The third-order valence-corrected chi connectivity index (χ3v) is 6.57. The van der Waals surface area contributed by atoms with Crippen molar-refractivity contribution in [3.8, 4) is 11.4 Å². The van der Waals surface area contributed by atoms with Crippen LogP contribution in [0.1, 0.15) is 30.2 Å². The number of benzene rings is 1. The third-order valence-electron chi connectivity index (χ3n) is 4.11.